The molecule has 0 bridgehead atoms. The van der Waals surface area contributed by atoms with Gasteiger partial charge >= 0.3 is 0 Å². The van der Waals surface area contributed by atoms with Crippen molar-refractivity contribution in [1.82, 2.24) is 4.40 Å². The number of rotatable bonds is 4. The number of para-hydroxylation sites is 3. The number of hydrogen-bond acceptors (Lipinski definition) is 2. The van der Waals surface area contributed by atoms with E-state index < -0.39 is 0 Å². The first kappa shape index (κ1) is 28.8. The van der Waals surface area contributed by atoms with E-state index in [1.165, 1.54) is 54.8 Å². The molecule has 3 aromatic heterocycles. The Bertz CT molecular complexity index is 3270. The van der Waals surface area contributed by atoms with Crippen molar-refractivity contribution in [2.24, 2.45) is 0 Å². The first-order chi connectivity index (χ1) is 25.7. The van der Waals surface area contributed by atoms with Crippen LogP contribution in [0.1, 0.15) is 0 Å². The van der Waals surface area contributed by atoms with Gasteiger partial charge < -0.3 is 8.82 Å². The van der Waals surface area contributed by atoms with Gasteiger partial charge in [0, 0.05) is 21.5 Å². The second-order valence-electron chi connectivity index (χ2n) is 13.7. The van der Waals surface area contributed by atoms with E-state index in [-0.39, 0.29) is 5.43 Å². The van der Waals surface area contributed by atoms with Gasteiger partial charge in [0.25, 0.3) is 0 Å². The van der Waals surface area contributed by atoms with Crippen molar-refractivity contribution in [3.63, 3.8) is 0 Å². The van der Waals surface area contributed by atoms with Gasteiger partial charge in [-0.25, -0.2) is 0 Å². The van der Waals surface area contributed by atoms with E-state index in [0.29, 0.717) is 21.9 Å². The predicted molar refractivity (Wildman–Crippen MR) is 216 cm³/mol. The Kier molecular flexibility index (Phi) is 6.11. The summed E-state index contributed by atoms with van der Waals surface area (Å²) in [6.07, 6.45) is 0. The molecule has 0 amide bonds. The minimum absolute atomic E-state index is 0.00900. The summed E-state index contributed by atoms with van der Waals surface area (Å²) in [6.45, 7) is 0. The van der Waals surface area contributed by atoms with E-state index in [4.69, 9.17) is 4.42 Å². The molecule has 3 heteroatoms. The molecule has 52 heavy (non-hydrogen) atoms. The molecule has 0 N–H and O–H groups in total. The summed E-state index contributed by atoms with van der Waals surface area (Å²) in [5.41, 5.74) is 14.0. The summed E-state index contributed by atoms with van der Waals surface area (Å²) in [5, 5.41) is 6.36. The quantitative estimate of drug-likeness (QED) is 0.176. The van der Waals surface area contributed by atoms with E-state index in [2.05, 4.69) is 138 Å². The maximum atomic E-state index is 13.4. The third-order valence-electron chi connectivity index (χ3n) is 10.7. The summed E-state index contributed by atoms with van der Waals surface area (Å²) in [4.78, 5) is 13.4. The molecule has 0 aliphatic rings. The van der Waals surface area contributed by atoms with Gasteiger partial charge in [-0.05, 0) is 99.1 Å². The Morgan fingerprint density at radius 2 is 0.788 bits per heavy atom. The zero-order chi connectivity index (χ0) is 34.3. The second kappa shape index (κ2) is 11.0. The highest BCUT2D eigenvalue weighted by Crippen LogP contribution is 2.40. The van der Waals surface area contributed by atoms with E-state index in [1.54, 1.807) is 0 Å². The van der Waals surface area contributed by atoms with Gasteiger partial charge in [-0.1, -0.05) is 121 Å². The van der Waals surface area contributed by atoms with Gasteiger partial charge in [0.05, 0.1) is 27.3 Å². The van der Waals surface area contributed by atoms with Crippen LogP contribution in [-0.2, 0) is 0 Å². The molecular formula is C49H29NO2. The monoisotopic (exact) mass is 663 g/mol. The Morgan fingerprint density at radius 1 is 0.327 bits per heavy atom. The van der Waals surface area contributed by atoms with Crippen molar-refractivity contribution in [3.8, 4) is 44.5 Å². The van der Waals surface area contributed by atoms with Crippen molar-refractivity contribution in [2.45, 2.75) is 0 Å². The topological polar surface area (TPSA) is 34.6 Å². The van der Waals surface area contributed by atoms with Gasteiger partial charge in [0.1, 0.15) is 11.2 Å². The van der Waals surface area contributed by atoms with Crippen molar-refractivity contribution in [2.75, 3.05) is 0 Å². The van der Waals surface area contributed by atoms with Gasteiger partial charge in [0.15, 0.2) is 0 Å². The molecule has 242 valence electrons. The molecular weight excluding hydrogens is 635 g/mol. The lowest BCUT2D eigenvalue weighted by molar-refractivity contribution is 0.660. The van der Waals surface area contributed by atoms with Crippen molar-refractivity contribution >= 4 is 60.0 Å². The van der Waals surface area contributed by atoms with Crippen LogP contribution in [0.15, 0.2) is 185 Å². The highest BCUT2D eigenvalue weighted by Gasteiger charge is 2.17. The van der Waals surface area contributed by atoms with Crippen molar-refractivity contribution in [3.05, 3.63) is 186 Å². The summed E-state index contributed by atoms with van der Waals surface area (Å²) in [6, 6.07) is 61.7. The van der Waals surface area contributed by atoms with Gasteiger partial charge in [-0.2, -0.15) is 0 Å². The van der Waals surface area contributed by atoms with Gasteiger partial charge in [-0.15, -0.1) is 0 Å². The van der Waals surface area contributed by atoms with Gasteiger partial charge in [-0.3, -0.25) is 4.79 Å². The zero-order valence-corrected chi connectivity index (χ0v) is 28.0. The Morgan fingerprint density at radius 3 is 1.44 bits per heavy atom. The third-order valence-corrected chi connectivity index (χ3v) is 10.7. The van der Waals surface area contributed by atoms with E-state index >= 15 is 0 Å². The fourth-order valence-corrected chi connectivity index (χ4v) is 8.23. The second-order valence-corrected chi connectivity index (χ2v) is 13.7. The number of nitrogens with zero attached hydrogens (tertiary/aromatic N) is 1. The van der Waals surface area contributed by atoms with Gasteiger partial charge in [0.2, 0.25) is 5.43 Å². The molecule has 0 saturated carbocycles. The number of hydrogen-bond donors (Lipinski definition) is 0. The van der Waals surface area contributed by atoms with Crippen molar-refractivity contribution < 1.29 is 4.42 Å². The molecule has 3 nitrogen and oxygen atoms in total. The van der Waals surface area contributed by atoms with Crippen LogP contribution in [0.25, 0.3) is 105 Å². The van der Waals surface area contributed by atoms with E-state index in [0.717, 1.165) is 27.8 Å². The Labute approximate surface area is 298 Å². The smallest absolute Gasteiger partial charge is 0.200 e. The van der Waals surface area contributed by atoms with E-state index in [9.17, 15) is 4.79 Å². The molecule has 0 radical (unpaired) electrons. The minimum atomic E-state index is -0.00900. The molecule has 0 atom stereocenters. The highest BCUT2D eigenvalue weighted by atomic mass is 16.3. The summed E-state index contributed by atoms with van der Waals surface area (Å²) < 4.78 is 8.50. The largest absolute Gasteiger partial charge is 0.456 e. The van der Waals surface area contributed by atoms with Crippen LogP contribution < -0.4 is 5.43 Å². The normalized spacial score (nSPS) is 11.9. The molecule has 0 aliphatic carbocycles. The van der Waals surface area contributed by atoms with Crippen molar-refractivity contribution in [1.29, 1.82) is 0 Å². The van der Waals surface area contributed by atoms with E-state index in [1.807, 2.05) is 42.5 Å². The third kappa shape index (κ3) is 4.30. The molecule has 11 aromatic rings. The average Bonchev–Trinajstić information content (AvgIpc) is 3.73. The van der Waals surface area contributed by atoms with Crippen LogP contribution in [0.3, 0.4) is 0 Å². The summed E-state index contributed by atoms with van der Waals surface area (Å²) in [7, 11) is 0. The molecule has 0 unspecified atom stereocenters. The highest BCUT2D eigenvalue weighted by molar-refractivity contribution is 6.23. The lowest BCUT2D eigenvalue weighted by Crippen LogP contribution is -2.01. The number of fused-ring (bicyclic) bond motifs is 8. The van der Waals surface area contributed by atoms with Crippen LogP contribution in [0, 0.1) is 0 Å². The Balaban J connectivity index is 0.966. The SMILES string of the molecule is O=c1c2ccccc2oc2ccc(-c3cccc(-c4cccc(-c5cccc(-c6ccc7c8cccc9c%10ccccc%10n(c7c6)c98)c5)c4)c3)cc12. The van der Waals surface area contributed by atoms with Crippen LogP contribution in [0.4, 0.5) is 0 Å². The summed E-state index contributed by atoms with van der Waals surface area (Å²) >= 11 is 0. The first-order valence-corrected chi connectivity index (χ1v) is 17.6. The molecule has 11 rings (SSSR count). The van der Waals surface area contributed by atoms with Crippen LogP contribution in [0.5, 0.6) is 0 Å². The minimum Gasteiger partial charge on any atom is -0.456 e. The molecule has 0 fully saturated rings. The fraction of sp³-hybridized carbons (Fsp3) is 0. The Hall–Kier alpha value is -6.97. The molecule has 3 heterocycles. The maximum absolute atomic E-state index is 13.4. The standard InChI is InChI=1S/C49H29NO2/c51-49-42-16-2-4-20-46(42)52-47-24-22-36(28-43(47)49)34-13-6-11-32(26-34)30-9-5-10-31(25-30)33-12-7-14-35(27-33)37-21-23-39-41-18-8-17-40-38-15-1-3-19-44(38)50(48(40)41)45(39)29-37/h1-29H. The molecule has 0 aliphatic heterocycles. The van der Waals surface area contributed by atoms with Crippen LogP contribution in [-0.4, -0.2) is 4.40 Å². The van der Waals surface area contributed by atoms with Crippen LogP contribution >= 0.6 is 0 Å². The lowest BCUT2D eigenvalue weighted by atomic mass is 9.94. The summed E-state index contributed by atoms with van der Waals surface area (Å²) in [5.74, 6) is 0. The lowest BCUT2D eigenvalue weighted by Gasteiger charge is -2.10. The number of benzene rings is 8. The molecule has 0 saturated heterocycles. The number of aromatic nitrogens is 1. The average molecular weight is 664 g/mol. The molecule has 8 aromatic carbocycles. The van der Waals surface area contributed by atoms with Crippen LogP contribution in [0.2, 0.25) is 0 Å². The first-order valence-electron chi connectivity index (χ1n) is 17.6. The molecule has 0 spiro atoms. The predicted octanol–water partition coefficient (Wildman–Crippen LogP) is 12.8. The fourth-order valence-electron chi connectivity index (χ4n) is 8.23. The zero-order valence-electron chi connectivity index (χ0n) is 28.0. The maximum Gasteiger partial charge on any atom is 0.200 e.